The first-order valence-corrected chi connectivity index (χ1v) is 7.98. The van der Waals surface area contributed by atoms with Gasteiger partial charge >= 0.3 is 0 Å². The average Bonchev–Trinajstić information content (AvgIpc) is 2.51. The molecule has 0 spiro atoms. The zero-order valence-electron chi connectivity index (χ0n) is 12.9. The van der Waals surface area contributed by atoms with Crippen LogP contribution in [-0.4, -0.2) is 32.1 Å². The number of carbonyl (C=O) groups excluding carboxylic acids is 1. The highest BCUT2D eigenvalue weighted by Crippen LogP contribution is 2.23. The summed E-state index contributed by atoms with van der Waals surface area (Å²) in [6, 6.07) is 5.61. The fraction of sp³-hybridized carbons (Fsp3) is 0.562. The molecule has 0 radical (unpaired) electrons. The van der Waals surface area contributed by atoms with Crippen LogP contribution < -0.4 is 15.4 Å². The predicted octanol–water partition coefficient (Wildman–Crippen LogP) is 2.82. The summed E-state index contributed by atoms with van der Waals surface area (Å²) in [6.45, 7) is 5.05. The number of amides is 1. The first-order chi connectivity index (χ1) is 10.2. The zero-order valence-corrected chi connectivity index (χ0v) is 14.4. The second-order valence-electron chi connectivity index (χ2n) is 5.25. The van der Waals surface area contributed by atoms with Crippen molar-refractivity contribution in [2.75, 3.05) is 26.2 Å². The first kappa shape index (κ1) is 19.1. The third-order valence-electron chi connectivity index (χ3n) is 3.73. The SMILES string of the molecule is CCOc1ccc(Cl)cc1CCNC(=O)C1CCNCC1.Cl. The van der Waals surface area contributed by atoms with E-state index in [0.29, 0.717) is 18.2 Å². The van der Waals surface area contributed by atoms with Crippen molar-refractivity contribution in [2.24, 2.45) is 5.92 Å². The van der Waals surface area contributed by atoms with E-state index >= 15 is 0 Å². The van der Waals surface area contributed by atoms with E-state index in [1.807, 2.05) is 25.1 Å². The van der Waals surface area contributed by atoms with Crippen LogP contribution in [-0.2, 0) is 11.2 Å². The van der Waals surface area contributed by atoms with Gasteiger partial charge < -0.3 is 15.4 Å². The van der Waals surface area contributed by atoms with Gasteiger partial charge in [-0.15, -0.1) is 12.4 Å². The Kier molecular flexibility index (Phi) is 8.61. The van der Waals surface area contributed by atoms with Crippen LogP contribution in [0, 0.1) is 5.92 Å². The Labute approximate surface area is 143 Å². The molecule has 0 aromatic heterocycles. The lowest BCUT2D eigenvalue weighted by Crippen LogP contribution is -2.38. The molecule has 2 rings (SSSR count). The van der Waals surface area contributed by atoms with E-state index in [2.05, 4.69) is 10.6 Å². The standard InChI is InChI=1S/C16H23ClN2O2.ClH/c1-2-21-15-4-3-14(17)11-13(15)7-10-19-16(20)12-5-8-18-9-6-12;/h3-4,11-12,18H,2,5-10H2,1H3,(H,19,20);1H. The van der Waals surface area contributed by atoms with Crippen molar-refractivity contribution in [1.29, 1.82) is 0 Å². The first-order valence-electron chi connectivity index (χ1n) is 7.60. The number of piperidine rings is 1. The van der Waals surface area contributed by atoms with E-state index in [-0.39, 0.29) is 24.2 Å². The summed E-state index contributed by atoms with van der Waals surface area (Å²) in [5, 5.41) is 6.99. The Balaban J connectivity index is 0.00000242. The summed E-state index contributed by atoms with van der Waals surface area (Å²) in [7, 11) is 0. The summed E-state index contributed by atoms with van der Waals surface area (Å²) in [5.74, 6) is 1.16. The number of rotatable bonds is 6. The van der Waals surface area contributed by atoms with E-state index < -0.39 is 0 Å². The summed E-state index contributed by atoms with van der Waals surface area (Å²) in [6.07, 6.45) is 2.58. The lowest BCUT2D eigenvalue weighted by Gasteiger charge is -2.21. The van der Waals surface area contributed by atoms with Crippen LogP contribution in [0.1, 0.15) is 25.3 Å². The number of hydrogen-bond acceptors (Lipinski definition) is 3. The molecule has 124 valence electrons. The van der Waals surface area contributed by atoms with Crippen molar-refractivity contribution in [2.45, 2.75) is 26.2 Å². The van der Waals surface area contributed by atoms with Crippen molar-refractivity contribution in [3.05, 3.63) is 28.8 Å². The van der Waals surface area contributed by atoms with Crippen LogP contribution in [0.25, 0.3) is 0 Å². The van der Waals surface area contributed by atoms with Gasteiger partial charge in [-0.2, -0.15) is 0 Å². The van der Waals surface area contributed by atoms with Crippen molar-refractivity contribution < 1.29 is 9.53 Å². The quantitative estimate of drug-likeness (QED) is 0.832. The molecule has 1 saturated heterocycles. The predicted molar refractivity (Wildman–Crippen MR) is 92.2 cm³/mol. The smallest absolute Gasteiger partial charge is 0.223 e. The molecule has 1 aliphatic rings. The van der Waals surface area contributed by atoms with Gasteiger partial charge in [0.25, 0.3) is 0 Å². The number of hydrogen-bond donors (Lipinski definition) is 2. The van der Waals surface area contributed by atoms with E-state index in [9.17, 15) is 4.79 Å². The molecule has 2 N–H and O–H groups in total. The summed E-state index contributed by atoms with van der Waals surface area (Å²) >= 11 is 6.03. The minimum atomic E-state index is 0. The van der Waals surface area contributed by atoms with E-state index in [4.69, 9.17) is 16.3 Å². The minimum Gasteiger partial charge on any atom is -0.494 e. The molecular weight excluding hydrogens is 323 g/mol. The van der Waals surface area contributed by atoms with Gasteiger partial charge in [-0.25, -0.2) is 0 Å². The molecule has 1 aliphatic heterocycles. The van der Waals surface area contributed by atoms with Gasteiger partial charge in [0, 0.05) is 17.5 Å². The monoisotopic (exact) mass is 346 g/mol. The van der Waals surface area contributed by atoms with E-state index in [1.165, 1.54) is 0 Å². The number of benzene rings is 1. The Hall–Kier alpha value is -0.970. The largest absolute Gasteiger partial charge is 0.494 e. The van der Waals surface area contributed by atoms with Gasteiger partial charge in [-0.05, 0) is 63.0 Å². The van der Waals surface area contributed by atoms with Crippen molar-refractivity contribution in [1.82, 2.24) is 10.6 Å². The minimum absolute atomic E-state index is 0. The molecule has 0 unspecified atom stereocenters. The number of nitrogens with one attached hydrogen (secondary N) is 2. The maximum atomic E-state index is 12.1. The molecule has 1 aromatic rings. The van der Waals surface area contributed by atoms with E-state index in [1.54, 1.807) is 0 Å². The molecule has 22 heavy (non-hydrogen) atoms. The molecule has 1 heterocycles. The third kappa shape index (κ3) is 5.67. The fourth-order valence-electron chi connectivity index (χ4n) is 2.59. The van der Waals surface area contributed by atoms with Crippen molar-refractivity contribution >= 4 is 29.9 Å². The molecule has 0 bridgehead atoms. The Morgan fingerprint density at radius 3 is 2.82 bits per heavy atom. The normalized spacial score (nSPS) is 15.0. The van der Waals surface area contributed by atoms with Gasteiger partial charge in [0.15, 0.2) is 0 Å². The summed E-state index contributed by atoms with van der Waals surface area (Å²) in [4.78, 5) is 12.1. The van der Waals surface area contributed by atoms with Crippen LogP contribution in [0.5, 0.6) is 5.75 Å². The van der Waals surface area contributed by atoms with Gasteiger partial charge in [0.2, 0.25) is 5.91 Å². The second-order valence-corrected chi connectivity index (χ2v) is 5.69. The summed E-state index contributed by atoms with van der Waals surface area (Å²) < 4.78 is 5.59. The zero-order chi connectivity index (χ0) is 15.1. The summed E-state index contributed by atoms with van der Waals surface area (Å²) in [5.41, 5.74) is 1.04. The fourth-order valence-corrected chi connectivity index (χ4v) is 2.78. The molecule has 0 atom stereocenters. The van der Waals surface area contributed by atoms with Crippen molar-refractivity contribution in [3.8, 4) is 5.75 Å². The van der Waals surface area contributed by atoms with Gasteiger partial charge in [0.05, 0.1) is 6.61 Å². The molecule has 1 aromatic carbocycles. The average molecular weight is 347 g/mol. The maximum Gasteiger partial charge on any atom is 0.223 e. The van der Waals surface area contributed by atoms with Crippen LogP contribution >= 0.6 is 24.0 Å². The van der Waals surface area contributed by atoms with Gasteiger partial charge in [0.1, 0.15) is 5.75 Å². The second kappa shape index (κ2) is 9.93. The molecule has 0 aliphatic carbocycles. The Morgan fingerprint density at radius 1 is 1.41 bits per heavy atom. The number of carbonyl (C=O) groups is 1. The highest BCUT2D eigenvalue weighted by atomic mass is 35.5. The highest BCUT2D eigenvalue weighted by Gasteiger charge is 2.20. The lowest BCUT2D eigenvalue weighted by atomic mass is 9.97. The maximum absolute atomic E-state index is 12.1. The van der Waals surface area contributed by atoms with E-state index in [0.717, 1.165) is 43.7 Å². The Morgan fingerprint density at radius 2 is 2.14 bits per heavy atom. The lowest BCUT2D eigenvalue weighted by molar-refractivity contribution is -0.125. The van der Waals surface area contributed by atoms with Crippen LogP contribution in [0.2, 0.25) is 5.02 Å². The third-order valence-corrected chi connectivity index (χ3v) is 3.96. The molecule has 6 heteroatoms. The number of halogens is 2. The Bertz CT molecular complexity index is 477. The topological polar surface area (TPSA) is 50.4 Å². The molecule has 0 saturated carbocycles. The molecule has 1 amide bonds. The highest BCUT2D eigenvalue weighted by molar-refractivity contribution is 6.30. The molecule has 4 nitrogen and oxygen atoms in total. The van der Waals surface area contributed by atoms with Crippen molar-refractivity contribution in [3.63, 3.8) is 0 Å². The van der Waals surface area contributed by atoms with Crippen LogP contribution in [0.15, 0.2) is 18.2 Å². The van der Waals surface area contributed by atoms with Gasteiger partial charge in [-0.3, -0.25) is 4.79 Å². The van der Waals surface area contributed by atoms with Crippen LogP contribution in [0.3, 0.4) is 0 Å². The molecular formula is C16H24Cl2N2O2. The number of ether oxygens (including phenoxy) is 1. The van der Waals surface area contributed by atoms with Gasteiger partial charge in [-0.1, -0.05) is 11.6 Å². The molecule has 1 fully saturated rings. The van der Waals surface area contributed by atoms with Crippen LogP contribution in [0.4, 0.5) is 0 Å².